The highest BCUT2D eigenvalue weighted by molar-refractivity contribution is 6.49. The molecule has 0 amide bonds. The van der Waals surface area contributed by atoms with Gasteiger partial charge in [-0.2, -0.15) is 0 Å². The zero-order valence-corrected chi connectivity index (χ0v) is 12.6. The standard InChI is InChI=1S/C12H15Cl4N/c1-7(4-5-17)2-3-8-9(13)6-10(14)12(16)11(8)15/h6-7H,2-5,17H2,1H3. The van der Waals surface area contributed by atoms with Crippen LogP contribution in [0.4, 0.5) is 0 Å². The Labute approximate surface area is 122 Å². The van der Waals surface area contributed by atoms with Crippen LogP contribution in [0.5, 0.6) is 0 Å². The minimum absolute atomic E-state index is 0.374. The van der Waals surface area contributed by atoms with E-state index in [0.29, 0.717) is 32.6 Å². The van der Waals surface area contributed by atoms with Crippen LogP contribution in [-0.4, -0.2) is 6.54 Å². The second-order valence-corrected chi connectivity index (χ2v) is 5.74. The van der Waals surface area contributed by atoms with Crippen molar-refractivity contribution in [3.63, 3.8) is 0 Å². The van der Waals surface area contributed by atoms with E-state index in [-0.39, 0.29) is 0 Å². The largest absolute Gasteiger partial charge is 0.330 e. The predicted octanol–water partition coefficient (Wildman–Crippen LogP) is 5.22. The van der Waals surface area contributed by atoms with E-state index in [2.05, 4.69) is 6.92 Å². The first-order valence-corrected chi connectivity index (χ1v) is 7.00. The highest BCUT2D eigenvalue weighted by atomic mass is 35.5. The average molecular weight is 315 g/mol. The maximum Gasteiger partial charge on any atom is 0.0782 e. The van der Waals surface area contributed by atoms with E-state index < -0.39 is 0 Å². The molecule has 0 fully saturated rings. The van der Waals surface area contributed by atoms with E-state index in [4.69, 9.17) is 52.1 Å². The second-order valence-electron chi connectivity index (χ2n) is 4.17. The topological polar surface area (TPSA) is 26.0 Å². The first-order chi connectivity index (χ1) is 7.97. The maximum absolute atomic E-state index is 6.14. The summed E-state index contributed by atoms with van der Waals surface area (Å²) in [6, 6.07) is 1.64. The lowest BCUT2D eigenvalue weighted by molar-refractivity contribution is 0.500. The third-order valence-corrected chi connectivity index (χ3v) is 4.39. The number of benzene rings is 1. The van der Waals surface area contributed by atoms with Gasteiger partial charge >= 0.3 is 0 Å². The molecular formula is C12H15Cl4N. The van der Waals surface area contributed by atoms with Gasteiger partial charge in [-0.25, -0.2) is 0 Å². The molecule has 1 nitrogen and oxygen atoms in total. The Hall–Kier alpha value is 0.340. The van der Waals surface area contributed by atoms with Crippen LogP contribution in [0.2, 0.25) is 20.1 Å². The molecule has 1 aromatic rings. The highest BCUT2D eigenvalue weighted by Crippen LogP contribution is 2.38. The summed E-state index contributed by atoms with van der Waals surface area (Å²) in [5, 5.41) is 1.80. The molecule has 0 radical (unpaired) electrons. The monoisotopic (exact) mass is 313 g/mol. The van der Waals surface area contributed by atoms with Crippen molar-refractivity contribution >= 4 is 46.4 Å². The Bertz CT molecular complexity index is 393. The predicted molar refractivity (Wildman–Crippen MR) is 77.6 cm³/mol. The minimum atomic E-state index is 0.374. The number of nitrogens with two attached hydrogens (primary N) is 1. The first kappa shape index (κ1) is 15.4. The summed E-state index contributed by atoms with van der Waals surface area (Å²) in [5.41, 5.74) is 6.38. The van der Waals surface area contributed by atoms with Gasteiger partial charge in [0.05, 0.1) is 15.1 Å². The summed E-state index contributed by atoms with van der Waals surface area (Å²) in [6.07, 6.45) is 2.76. The van der Waals surface area contributed by atoms with Crippen LogP contribution in [-0.2, 0) is 6.42 Å². The van der Waals surface area contributed by atoms with Crippen LogP contribution < -0.4 is 5.73 Å². The van der Waals surface area contributed by atoms with Crippen molar-refractivity contribution in [2.75, 3.05) is 6.54 Å². The van der Waals surface area contributed by atoms with Crippen LogP contribution in [0, 0.1) is 5.92 Å². The van der Waals surface area contributed by atoms with Gasteiger partial charge in [0.15, 0.2) is 0 Å². The number of rotatable bonds is 5. The van der Waals surface area contributed by atoms with Crippen molar-refractivity contribution in [2.45, 2.75) is 26.2 Å². The van der Waals surface area contributed by atoms with Gasteiger partial charge in [-0.15, -0.1) is 0 Å². The molecule has 0 bridgehead atoms. The molecule has 0 spiro atoms. The minimum Gasteiger partial charge on any atom is -0.330 e. The van der Waals surface area contributed by atoms with Gasteiger partial charge in [-0.1, -0.05) is 53.3 Å². The molecule has 1 rings (SSSR count). The van der Waals surface area contributed by atoms with Crippen LogP contribution in [0.25, 0.3) is 0 Å². The Morgan fingerprint density at radius 1 is 1.06 bits per heavy atom. The summed E-state index contributed by atoms with van der Waals surface area (Å²) in [5.74, 6) is 0.543. The number of hydrogen-bond donors (Lipinski definition) is 1. The fourth-order valence-corrected chi connectivity index (χ4v) is 2.77. The third kappa shape index (κ3) is 4.18. The van der Waals surface area contributed by atoms with Gasteiger partial charge in [-0.3, -0.25) is 0 Å². The van der Waals surface area contributed by atoms with Crippen LogP contribution >= 0.6 is 46.4 Å². The van der Waals surface area contributed by atoms with E-state index in [1.54, 1.807) is 6.07 Å². The molecule has 0 aliphatic heterocycles. The molecular weight excluding hydrogens is 300 g/mol. The Kier molecular flexibility index (Phi) is 6.39. The van der Waals surface area contributed by atoms with E-state index in [9.17, 15) is 0 Å². The summed E-state index contributed by atoms with van der Waals surface area (Å²) in [4.78, 5) is 0. The quantitative estimate of drug-likeness (QED) is 0.585. The Balaban J connectivity index is 2.81. The van der Waals surface area contributed by atoms with E-state index in [0.717, 1.165) is 24.8 Å². The molecule has 96 valence electrons. The fraction of sp³-hybridized carbons (Fsp3) is 0.500. The molecule has 1 aromatic carbocycles. The van der Waals surface area contributed by atoms with E-state index in [1.807, 2.05) is 0 Å². The molecule has 0 saturated heterocycles. The van der Waals surface area contributed by atoms with Crippen LogP contribution in [0.15, 0.2) is 6.07 Å². The molecule has 1 unspecified atom stereocenters. The molecule has 0 aliphatic rings. The van der Waals surface area contributed by atoms with E-state index in [1.165, 1.54) is 0 Å². The van der Waals surface area contributed by atoms with Crippen molar-refractivity contribution in [1.82, 2.24) is 0 Å². The van der Waals surface area contributed by atoms with E-state index >= 15 is 0 Å². The Morgan fingerprint density at radius 3 is 2.29 bits per heavy atom. The van der Waals surface area contributed by atoms with Crippen LogP contribution in [0.1, 0.15) is 25.3 Å². The molecule has 5 heteroatoms. The smallest absolute Gasteiger partial charge is 0.0782 e. The molecule has 1 atom stereocenters. The SMILES string of the molecule is CC(CCN)CCc1c(Cl)cc(Cl)c(Cl)c1Cl. The van der Waals surface area contributed by atoms with Gasteiger partial charge in [-0.05, 0) is 43.4 Å². The summed E-state index contributed by atoms with van der Waals surface area (Å²) in [6.45, 7) is 2.86. The van der Waals surface area contributed by atoms with Crippen molar-refractivity contribution in [1.29, 1.82) is 0 Å². The van der Waals surface area contributed by atoms with Gasteiger partial charge < -0.3 is 5.73 Å². The zero-order chi connectivity index (χ0) is 13.0. The molecule has 0 aromatic heterocycles. The lowest BCUT2D eigenvalue weighted by Crippen LogP contribution is -2.07. The molecule has 0 heterocycles. The van der Waals surface area contributed by atoms with Crippen molar-refractivity contribution in [3.8, 4) is 0 Å². The lowest BCUT2D eigenvalue weighted by atomic mass is 9.98. The normalized spacial score (nSPS) is 12.8. The Morgan fingerprint density at radius 2 is 1.71 bits per heavy atom. The second kappa shape index (κ2) is 7.06. The molecule has 0 aliphatic carbocycles. The van der Waals surface area contributed by atoms with Crippen molar-refractivity contribution in [2.24, 2.45) is 11.7 Å². The molecule has 2 N–H and O–H groups in total. The number of halogens is 4. The number of hydrogen-bond acceptors (Lipinski definition) is 1. The van der Waals surface area contributed by atoms with Gasteiger partial charge in [0.25, 0.3) is 0 Å². The average Bonchev–Trinajstić information content (AvgIpc) is 2.26. The third-order valence-electron chi connectivity index (χ3n) is 2.76. The van der Waals surface area contributed by atoms with Crippen LogP contribution in [0.3, 0.4) is 0 Å². The highest BCUT2D eigenvalue weighted by Gasteiger charge is 2.14. The van der Waals surface area contributed by atoms with Gasteiger partial charge in [0.2, 0.25) is 0 Å². The van der Waals surface area contributed by atoms with Gasteiger partial charge in [0, 0.05) is 5.02 Å². The zero-order valence-electron chi connectivity index (χ0n) is 9.57. The lowest BCUT2D eigenvalue weighted by Gasteiger charge is -2.13. The summed E-state index contributed by atoms with van der Waals surface area (Å²) < 4.78 is 0. The van der Waals surface area contributed by atoms with Crippen molar-refractivity contribution in [3.05, 3.63) is 31.7 Å². The van der Waals surface area contributed by atoms with Crippen molar-refractivity contribution < 1.29 is 0 Å². The molecule has 17 heavy (non-hydrogen) atoms. The first-order valence-electron chi connectivity index (χ1n) is 5.49. The van der Waals surface area contributed by atoms with Gasteiger partial charge in [0.1, 0.15) is 0 Å². The maximum atomic E-state index is 6.14. The molecule has 0 saturated carbocycles. The summed E-state index contributed by atoms with van der Waals surface area (Å²) in [7, 11) is 0. The summed E-state index contributed by atoms with van der Waals surface area (Å²) >= 11 is 24.1. The fourth-order valence-electron chi connectivity index (χ4n) is 1.65.